The summed E-state index contributed by atoms with van der Waals surface area (Å²) < 4.78 is 5.12. The van der Waals surface area contributed by atoms with E-state index in [1.807, 2.05) is 0 Å². The Bertz CT molecular complexity index is 182. The molecule has 2 heteroatoms. The Hall–Kier alpha value is -0.240. The maximum absolute atomic E-state index is 5.12. The summed E-state index contributed by atoms with van der Waals surface area (Å²) in [6, 6.07) is 0. The summed E-state index contributed by atoms with van der Waals surface area (Å²) in [7, 11) is 1.71. The molecule has 0 aliphatic heterocycles. The highest BCUT2D eigenvalue weighted by molar-refractivity contribution is 9.09. The number of methoxy groups -OCH3 is 1. The van der Waals surface area contributed by atoms with Gasteiger partial charge in [0.05, 0.1) is 7.11 Å². The molecule has 0 saturated heterocycles. The summed E-state index contributed by atoms with van der Waals surface area (Å²) in [5.74, 6) is 1.01. The van der Waals surface area contributed by atoms with Crippen LogP contribution >= 0.6 is 15.9 Å². The van der Waals surface area contributed by atoms with Gasteiger partial charge < -0.3 is 4.74 Å². The van der Waals surface area contributed by atoms with E-state index >= 15 is 0 Å². The highest BCUT2D eigenvalue weighted by Gasteiger charge is 2.09. The van der Waals surface area contributed by atoms with Crippen LogP contribution in [0.2, 0.25) is 0 Å². The van der Waals surface area contributed by atoms with Gasteiger partial charge in [-0.3, -0.25) is 0 Å². The van der Waals surface area contributed by atoms with Crippen molar-refractivity contribution in [2.75, 3.05) is 7.11 Å². The van der Waals surface area contributed by atoms with E-state index < -0.39 is 0 Å². The predicted octanol–water partition coefficient (Wildman–Crippen LogP) is 2.63. The van der Waals surface area contributed by atoms with Crippen molar-refractivity contribution in [3.05, 3.63) is 23.5 Å². The highest BCUT2D eigenvalue weighted by Crippen LogP contribution is 2.22. The molecule has 0 spiro atoms. The fourth-order valence-corrected chi connectivity index (χ4v) is 1.63. The molecule has 56 valence electrons. The van der Waals surface area contributed by atoms with Crippen molar-refractivity contribution in [1.29, 1.82) is 0 Å². The first-order valence-electron chi connectivity index (χ1n) is 3.31. The van der Waals surface area contributed by atoms with Crippen molar-refractivity contribution < 1.29 is 4.74 Å². The van der Waals surface area contributed by atoms with E-state index in [2.05, 4.69) is 35.0 Å². The van der Waals surface area contributed by atoms with Crippen molar-refractivity contribution in [2.45, 2.75) is 18.2 Å². The van der Waals surface area contributed by atoms with Crippen LogP contribution in [0.4, 0.5) is 0 Å². The molecule has 1 aliphatic carbocycles. The smallest absolute Gasteiger partial charge is 0.117 e. The van der Waals surface area contributed by atoms with E-state index in [0.29, 0.717) is 4.83 Å². The number of hydrogen-bond acceptors (Lipinski definition) is 1. The molecular formula is C8H11BrO. The molecule has 0 N–H and O–H groups in total. The molecule has 0 radical (unpaired) electrons. The lowest BCUT2D eigenvalue weighted by Gasteiger charge is -2.13. The number of halogens is 1. The zero-order chi connectivity index (χ0) is 7.56. The van der Waals surface area contributed by atoms with Crippen LogP contribution in [0.3, 0.4) is 0 Å². The van der Waals surface area contributed by atoms with Gasteiger partial charge in [0.25, 0.3) is 0 Å². The molecule has 1 atom stereocenters. The van der Waals surface area contributed by atoms with Crippen LogP contribution < -0.4 is 0 Å². The van der Waals surface area contributed by atoms with Crippen LogP contribution in [0.5, 0.6) is 0 Å². The van der Waals surface area contributed by atoms with Crippen molar-refractivity contribution >= 4 is 15.9 Å². The van der Waals surface area contributed by atoms with Crippen molar-refractivity contribution in [1.82, 2.24) is 0 Å². The number of ether oxygens (including phenoxy) is 1. The van der Waals surface area contributed by atoms with Gasteiger partial charge in [-0.15, -0.1) is 0 Å². The van der Waals surface area contributed by atoms with Gasteiger partial charge in [-0.2, -0.15) is 0 Å². The van der Waals surface area contributed by atoms with E-state index in [9.17, 15) is 0 Å². The van der Waals surface area contributed by atoms with Crippen LogP contribution in [0.25, 0.3) is 0 Å². The molecule has 0 heterocycles. The summed E-state index contributed by atoms with van der Waals surface area (Å²) in [6.45, 7) is 2.06. The molecule has 0 aromatic carbocycles. The molecule has 1 nitrogen and oxygen atoms in total. The minimum Gasteiger partial charge on any atom is -0.497 e. The van der Waals surface area contributed by atoms with Gasteiger partial charge in [0.15, 0.2) is 0 Å². The molecular weight excluding hydrogens is 192 g/mol. The summed E-state index contributed by atoms with van der Waals surface area (Å²) in [5, 5.41) is 0. The Labute approximate surface area is 69.9 Å². The monoisotopic (exact) mass is 202 g/mol. The quantitative estimate of drug-likeness (QED) is 0.595. The van der Waals surface area contributed by atoms with E-state index in [-0.39, 0.29) is 0 Å². The van der Waals surface area contributed by atoms with Crippen LogP contribution in [0.1, 0.15) is 13.3 Å². The van der Waals surface area contributed by atoms with Crippen LogP contribution in [-0.4, -0.2) is 11.9 Å². The summed E-state index contributed by atoms with van der Waals surface area (Å²) in [4.78, 5) is 0.492. The van der Waals surface area contributed by atoms with Crippen molar-refractivity contribution in [2.24, 2.45) is 0 Å². The predicted molar refractivity (Wildman–Crippen MR) is 46.2 cm³/mol. The average molecular weight is 203 g/mol. The van der Waals surface area contributed by atoms with E-state index in [4.69, 9.17) is 4.74 Å². The van der Waals surface area contributed by atoms with E-state index in [1.165, 1.54) is 5.57 Å². The summed E-state index contributed by atoms with van der Waals surface area (Å²) in [6.07, 6.45) is 5.30. The maximum Gasteiger partial charge on any atom is 0.117 e. The second kappa shape index (κ2) is 3.24. The van der Waals surface area contributed by atoms with Gasteiger partial charge in [-0.25, -0.2) is 0 Å². The van der Waals surface area contributed by atoms with Gasteiger partial charge in [0.1, 0.15) is 5.76 Å². The fraction of sp³-hybridized carbons (Fsp3) is 0.500. The Morgan fingerprint density at radius 2 is 2.40 bits per heavy atom. The van der Waals surface area contributed by atoms with Gasteiger partial charge in [0, 0.05) is 4.83 Å². The zero-order valence-electron chi connectivity index (χ0n) is 6.23. The number of rotatable bonds is 1. The minimum atomic E-state index is 0.492. The number of allylic oxidation sites excluding steroid dienone is 3. The summed E-state index contributed by atoms with van der Waals surface area (Å²) in [5.41, 5.74) is 1.22. The average Bonchev–Trinajstić information content (AvgIpc) is 1.88. The SMILES string of the molecule is COC1=CCC(Br)C=C1C. The van der Waals surface area contributed by atoms with Crippen molar-refractivity contribution in [3.8, 4) is 0 Å². The first kappa shape index (κ1) is 7.86. The van der Waals surface area contributed by atoms with Gasteiger partial charge in [-0.05, 0) is 25.0 Å². The normalized spacial score (nSPS) is 25.3. The third kappa shape index (κ3) is 1.63. The maximum atomic E-state index is 5.12. The van der Waals surface area contributed by atoms with Crippen LogP contribution in [0.15, 0.2) is 23.5 Å². The standard InChI is InChI=1S/C8H11BrO/c1-6-5-7(9)3-4-8(6)10-2/h4-5,7H,3H2,1-2H3. The molecule has 0 bridgehead atoms. The first-order chi connectivity index (χ1) is 4.74. The van der Waals surface area contributed by atoms with E-state index in [0.717, 1.165) is 12.2 Å². The van der Waals surface area contributed by atoms with Crippen LogP contribution in [-0.2, 0) is 4.74 Å². The lowest BCUT2D eigenvalue weighted by Crippen LogP contribution is -2.02. The number of hydrogen-bond donors (Lipinski definition) is 0. The number of alkyl halides is 1. The molecule has 0 saturated carbocycles. The molecule has 1 unspecified atom stereocenters. The van der Waals surface area contributed by atoms with Gasteiger partial charge >= 0.3 is 0 Å². The van der Waals surface area contributed by atoms with Crippen LogP contribution in [0, 0.1) is 0 Å². The Morgan fingerprint density at radius 1 is 1.70 bits per heavy atom. The Morgan fingerprint density at radius 3 is 2.90 bits per heavy atom. The second-order valence-electron chi connectivity index (χ2n) is 2.37. The topological polar surface area (TPSA) is 9.23 Å². The molecule has 0 fully saturated rings. The van der Waals surface area contributed by atoms with E-state index in [1.54, 1.807) is 7.11 Å². The zero-order valence-corrected chi connectivity index (χ0v) is 7.81. The molecule has 0 amide bonds. The van der Waals surface area contributed by atoms with Gasteiger partial charge in [0.2, 0.25) is 0 Å². The third-order valence-corrected chi connectivity index (χ3v) is 2.21. The minimum absolute atomic E-state index is 0.492. The Balaban J connectivity index is 2.71. The highest BCUT2D eigenvalue weighted by atomic mass is 79.9. The molecule has 0 aromatic rings. The molecule has 1 rings (SSSR count). The fourth-order valence-electron chi connectivity index (χ4n) is 1.05. The summed E-state index contributed by atoms with van der Waals surface area (Å²) >= 11 is 3.51. The molecule has 1 aliphatic rings. The lowest BCUT2D eigenvalue weighted by atomic mass is 10.1. The Kier molecular flexibility index (Phi) is 2.55. The molecule has 0 aromatic heterocycles. The molecule has 10 heavy (non-hydrogen) atoms. The second-order valence-corrected chi connectivity index (χ2v) is 3.55. The van der Waals surface area contributed by atoms with Gasteiger partial charge in [-0.1, -0.05) is 22.0 Å². The third-order valence-electron chi connectivity index (χ3n) is 1.57. The largest absolute Gasteiger partial charge is 0.497 e. The van der Waals surface area contributed by atoms with Crippen molar-refractivity contribution in [3.63, 3.8) is 0 Å². The first-order valence-corrected chi connectivity index (χ1v) is 4.22. The lowest BCUT2D eigenvalue weighted by molar-refractivity contribution is 0.297.